The molecule has 0 radical (unpaired) electrons. The van der Waals surface area contributed by atoms with Crippen LogP contribution >= 0.6 is 12.4 Å². The summed E-state index contributed by atoms with van der Waals surface area (Å²) in [7, 11) is 1.79. The fraction of sp³-hybridized carbons (Fsp3) is 0.364. The van der Waals surface area contributed by atoms with Crippen molar-refractivity contribution in [1.29, 1.82) is 0 Å². The Morgan fingerprint density at radius 1 is 1.35 bits per heavy atom. The molecule has 96 valence electrons. The number of carbonyl (C=O) groups excluding carboxylic acids is 1. The number of rotatable bonds is 5. The normalized spacial score (nSPS) is 9.59. The van der Waals surface area contributed by atoms with E-state index in [1.54, 1.807) is 7.05 Å². The van der Waals surface area contributed by atoms with Crippen LogP contribution in [0.15, 0.2) is 18.2 Å². The lowest BCUT2D eigenvalue weighted by molar-refractivity contribution is -0.116. The van der Waals surface area contributed by atoms with Gasteiger partial charge in [-0.05, 0) is 32.1 Å². The number of carbonyl (C=O) groups is 1. The van der Waals surface area contributed by atoms with Gasteiger partial charge in [-0.1, -0.05) is 0 Å². The predicted molar refractivity (Wildman–Crippen MR) is 65.4 cm³/mol. The van der Waals surface area contributed by atoms with Crippen molar-refractivity contribution in [2.75, 3.05) is 18.9 Å². The Kier molecular flexibility index (Phi) is 7.41. The summed E-state index contributed by atoms with van der Waals surface area (Å²) in [5.41, 5.74) is 0.0101. The van der Waals surface area contributed by atoms with Crippen LogP contribution in [0.3, 0.4) is 0 Å². The van der Waals surface area contributed by atoms with E-state index in [0.717, 1.165) is 18.7 Å². The van der Waals surface area contributed by atoms with E-state index in [-0.39, 0.29) is 24.0 Å². The molecule has 0 bridgehead atoms. The molecule has 0 heterocycles. The molecule has 0 aliphatic carbocycles. The quantitative estimate of drug-likeness (QED) is 0.802. The molecule has 0 unspecified atom stereocenters. The van der Waals surface area contributed by atoms with Gasteiger partial charge in [0.15, 0.2) is 0 Å². The van der Waals surface area contributed by atoms with Crippen LogP contribution in [-0.2, 0) is 4.79 Å². The molecule has 0 atom stereocenters. The third kappa shape index (κ3) is 5.60. The Balaban J connectivity index is 0.00000256. The van der Waals surface area contributed by atoms with Crippen molar-refractivity contribution in [2.24, 2.45) is 0 Å². The first-order valence-corrected chi connectivity index (χ1v) is 5.03. The standard InChI is InChI=1S/C11H14F2N2O.ClH/c1-14-6-2-3-11(16)15-10-5-4-8(12)7-9(10)13;/h4-5,7,14H,2-3,6H2,1H3,(H,15,16);1H. The second-order valence-corrected chi connectivity index (χ2v) is 3.38. The molecular formula is C11H15ClF2N2O. The van der Waals surface area contributed by atoms with E-state index in [1.165, 1.54) is 6.07 Å². The maximum absolute atomic E-state index is 13.1. The Bertz CT molecular complexity index is 374. The summed E-state index contributed by atoms with van der Waals surface area (Å²) < 4.78 is 25.7. The minimum atomic E-state index is -0.762. The summed E-state index contributed by atoms with van der Waals surface area (Å²) in [6, 6.07) is 3.05. The first-order valence-electron chi connectivity index (χ1n) is 5.03. The minimum Gasteiger partial charge on any atom is -0.324 e. The number of anilines is 1. The lowest BCUT2D eigenvalue weighted by atomic mass is 10.2. The van der Waals surface area contributed by atoms with E-state index in [4.69, 9.17) is 0 Å². The van der Waals surface area contributed by atoms with Crippen LogP contribution in [0.1, 0.15) is 12.8 Å². The molecule has 0 spiro atoms. The average molecular weight is 265 g/mol. The van der Waals surface area contributed by atoms with E-state index < -0.39 is 11.6 Å². The van der Waals surface area contributed by atoms with Gasteiger partial charge in [-0.3, -0.25) is 4.79 Å². The van der Waals surface area contributed by atoms with Crippen molar-refractivity contribution in [3.8, 4) is 0 Å². The van der Waals surface area contributed by atoms with E-state index >= 15 is 0 Å². The zero-order valence-electron chi connectivity index (χ0n) is 9.43. The molecule has 1 rings (SSSR count). The molecule has 1 aromatic carbocycles. The molecule has 0 aromatic heterocycles. The van der Waals surface area contributed by atoms with Gasteiger partial charge in [0.05, 0.1) is 5.69 Å². The molecular weight excluding hydrogens is 250 g/mol. The van der Waals surface area contributed by atoms with Gasteiger partial charge in [0.2, 0.25) is 5.91 Å². The molecule has 1 amide bonds. The molecule has 0 fully saturated rings. The lowest BCUT2D eigenvalue weighted by Gasteiger charge is -2.06. The van der Waals surface area contributed by atoms with E-state index in [0.29, 0.717) is 12.8 Å². The third-order valence-corrected chi connectivity index (χ3v) is 2.04. The first kappa shape index (κ1) is 15.8. The van der Waals surface area contributed by atoms with E-state index in [1.807, 2.05) is 0 Å². The SMILES string of the molecule is CNCCCC(=O)Nc1ccc(F)cc1F.Cl. The van der Waals surface area contributed by atoms with Gasteiger partial charge < -0.3 is 10.6 Å². The fourth-order valence-electron chi connectivity index (χ4n) is 1.23. The summed E-state index contributed by atoms with van der Waals surface area (Å²) in [6.45, 7) is 0.722. The van der Waals surface area contributed by atoms with Gasteiger partial charge in [-0.15, -0.1) is 12.4 Å². The lowest BCUT2D eigenvalue weighted by Crippen LogP contribution is -2.15. The maximum Gasteiger partial charge on any atom is 0.224 e. The zero-order valence-corrected chi connectivity index (χ0v) is 10.2. The summed E-state index contributed by atoms with van der Waals surface area (Å²) in [5, 5.41) is 5.29. The predicted octanol–water partition coefficient (Wildman–Crippen LogP) is 2.32. The second kappa shape index (κ2) is 7.97. The van der Waals surface area contributed by atoms with Gasteiger partial charge in [0, 0.05) is 12.5 Å². The van der Waals surface area contributed by atoms with Crippen molar-refractivity contribution in [2.45, 2.75) is 12.8 Å². The zero-order chi connectivity index (χ0) is 12.0. The van der Waals surface area contributed by atoms with Crippen LogP contribution in [0.2, 0.25) is 0 Å². The number of hydrogen-bond acceptors (Lipinski definition) is 2. The topological polar surface area (TPSA) is 41.1 Å². The van der Waals surface area contributed by atoms with Gasteiger partial charge in [-0.25, -0.2) is 8.78 Å². The van der Waals surface area contributed by atoms with Crippen LogP contribution in [0.5, 0.6) is 0 Å². The number of halogens is 3. The minimum absolute atomic E-state index is 0. The van der Waals surface area contributed by atoms with Crippen LogP contribution in [0.4, 0.5) is 14.5 Å². The van der Waals surface area contributed by atoms with Crippen molar-refractivity contribution in [3.05, 3.63) is 29.8 Å². The second-order valence-electron chi connectivity index (χ2n) is 3.38. The molecule has 0 aliphatic rings. The molecule has 3 nitrogen and oxygen atoms in total. The van der Waals surface area contributed by atoms with E-state index in [2.05, 4.69) is 10.6 Å². The highest BCUT2D eigenvalue weighted by molar-refractivity contribution is 5.90. The van der Waals surface area contributed by atoms with Gasteiger partial charge in [-0.2, -0.15) is 0 Å². The smallest absolute Gasteiger partial charge is 0.224 e. The highest BCUT2D eigenvalue weighted by Gasteiger charge is 2.07. The van der Waals surface area contributed by atoms with Crippen LogP contribution in [0.25, 0.3) is 0 Å². The van der Waals surface area contributed by atoms with Crippen LogP contribution in [0, 0.1) is 11.6 Å². The number of hydrogen-bond donors (Lipinski definition) is 2. The monoisotopic (exact) mass is 264 g/mol. The number of benzene rings is 1. The Labute approximate surface area is 105 Å². The molecule has 2 N–H and O–H groups in total. The molecule has 17 heavy (non-hydrogen) atoms. The van der Waals surface area contributed by atoms with Gasteiger partial charge >= 0.3 is 0 Å². The van der Waals surface area contributed by atoms with E-state index in [9.17, 15) is 13.6 Å². The fourth-order valence-corrected chi connectivity index (χ4v) is 1.23. The average Bonchev–Trinajstić information content (AvgIpc) is 2.23. The van der Waals surface area contributed by atoms with Crippen molar-refractivity contribution < 1.29 is 13.6 Å². The molecule has 0 saturated heterocycles. The van der Waals surface area contributed by atoms with Crippen LogP contribution in [-0.4, -0.2) is 19.5 Å². The molecule has 0 saturated carbocycles. The Morgan fingerprint density at radius 3 is 2.65 bits per heavy atom. The molecule has 0 aliphatic heterocycles. The maximum atomic E-state index is 13.1. The van der Waals surface area contributed by atoms with Crippen molar-refractivity contribution in [3.63, 3.8) is 0 Å². The van der Waals surface area contributed by atoms with Crippen molar-refractivity contribution in [1.82, 2.24) is 5.32 Å². The molecule has 1 aromatic rings. The van der Waals surface area contributed by atoms with Crippen molar-refractivity contribution >= 4 is 24.0 Å². The Morgan fingerprint density at radius 2 is 2.06 bits per heavy atom. The molecule has 6 heteroatoms. The highest BCUT2D eigenvalue weighted by atomic mass is 35.5. The summed E-state index contributed by atoms with van der Waals surface area (Å²) in [4.78, 5) is 11.3. The van der Waals surface area contributed by atoms with Gasteiger partial charge in [0.1, 0.15) is 11.6 Å². The first-order chi connectivity index (χ1) is 7.63. The van der Waals surface area contributed by atoms with Crippen LogP contribution < -0.4 is 10.6 Å². The highest BCUT2D eigenvalue weighted by Crippen LogP contribution is 2.15. The summed E-state index contributed by atoms with van der Waals surface area (Å²) in [6.07, 6.45) is 0.975. The Hall–Kier alpha value is -1.20. The number of amides is 1. The third-order valence-electron chi connectivity index (χ3n) is 2.04. The summed E-state index contributed by atoms with van der Waals surface area (Å²) >= 11 is 0. The number of nitrogens with one attached hydrogen (secondary N) is 2. The summed E-state index contributed by atoms with van der Waals surface area (Å²) in [5.74, 6) is -1.70. The largest absolute Gasteiger partial charge is 0.324 e. The van der Waals surface area contributed by atoms with Gasteiger partial charge in [0.25, 0.3) is 0 Å².